The number of nitriles is 1. The molecule has 0 saturated carbocycles. The number of methoxy groups -OCH3 is 2. The third kappa shape index (κ3) is 3.62. The summed E-state index contributed by atoms with van der Waals surface area (Å²) in [6.07, 6.45) is 0. The van der Waals surface area contributed by atoms with Gasteiger partial charge in [0.25, 0.3) is 0 Å². The average molecular weight is 461 g/mol. The van der Waals surface area contributed by atoms with Crippen LogP contribution in [0.5, 0.6) is 0 Å². The van der Waals surface area contributed by atoms with Crippen molar-refractivity contribution < 1.29 is 23.9 Å². The van der Waals surface area contributed by atoms with Gasteiger partial charge in [0.15, 0.2) is 5.41 Å². The minimum atomic E-state index is -2.07. The maximum Gasteiger partial charge on any atom is 0.329 e. The molecule has 9 heteroatoms. The lowest BCUT2D eigenvalue weighted by Crippen LogP contribution is -2.60. The summed E-state index contributed by atoms with van der Waals surface area (Å²) in [4.78, 5) is 39.1. The van der Waals surface area contributed by atoms with E-state index in [0.717, 1.165) is 14.2 Å². The molecular formula is C22H18Cl2N2O5. The molecule has 7 nitrogen and oxygen atoms in total. The molecule has 2 aromatic rings. The van der Waals surface area contributed by atoms with Gasteiger partial charge in [-0.15, -0.1) is 0 Å². The quantitative estimate of drug-likeness (QED) is 0.553. The molecule has 3 rings (SSSR count). The average Bonchev–Trinajstić information content (AvgIpc) is 2.78. The van der Waals surface area contributed by atoms with Crippen molar-refractivity contribution in [1.29, 1.82) is 5.26 Å². The number of nitrogens with one attached hydrogen (secondary N) is 1. The summed E-state index contributed by atoms with van der Waals surface area (Å²) >= 11 is 12.8. The van der Waals surface area contributed by atoms with Crippen LogP contribution >= 0.6 is 23.2 Å². The number of rotatable bonds is 4. The van der Waals surface area contributed by atoms with E-state index in [1.165, 1.54) is 0 Å². The van der Waals surface area contributed by atoms with Gasteiger partial charge in [0.05, 0.1) is 26.3 Å². The van der Waals surface area contributed by atoms with Crippen molar-refractivity contribution in [2.45, 2.75) is 12.0 Å². The fraction of sp³-hybridized carbons (Fsp3) is 0.273. The number of esters is 2. The molecule has 160 valence electrons. The Morgan fingerprint density at radius 2 is 1.55 bits per heavy atom. The number of hydrogen-bond acceptors (Lipinski definition) is 6. The zero-order valence-electron chi connectivity index (χ0n) is 16.6. The van der Waals surface area contributed by atoms with E-state index in [2.05, 4.69) is 5.32 Å². The van der Waals surface area contributed by atoms with Crippen LogP contribution in [0.15, 0.2) is 48.5 Å². The van der Waals surface area contributed by atoms with Gasteiger partial charge in [0.2, 0.25) is 5.91 Å². The normalized spacial score (nSPS) is 25.1. The Hall–Kier alpha value is -3.08. The summed E-state index contributed by atoms with van der Waals surface area (Å²) in [5, 5.41) is 13.4. The first kappa shape index (κ1) is 22.6. The number of carbonyl (C=O) groups excluding carboxylic acids is 3. The van der Waals surface area contributed by atoms with Crippen LogP contribution in [-0.2, 0) is 23.9 Å². The van der Waals surface area contributed by atoms with E-state index in [4.69, 9.17) is 32.7 Å². The third-order valence-corrected chi connectivity index (χ3v) is 6.16. The maximum absolute atomic E-state index is 13.2. The van der Waals surface area contributed by atoms with Gasteiger partial charge >= 0.3 is 11.9 Å². The molecule has 1 saturated heterocycles. The second-order valence-corrected chi connectivity index (χ2v) is 7.75. The molecule has 0 aliphatic carbocycles. The molecule has 0 bridgehead atoms. The first-order valence-corrected chi connectivity index (χ1v) is 9.95. The van der Waals surface area contributed by atoms with Gasteiger partial charge in [-0.1, -0.05) is 59.6 Å². The highest BCUT2D eigenvalue weighted by atomic mass is 35.5. The van der Waals surface area contributed by atoms with Gasteiger partial charge in [0.1, 0.15) is 5.92 Å². The smallest absolute Gasteiger partial charge is 0.329 e. The summed E-state index contributed by atoms with van der Waals surface area (Å²) in [7, 11) is 2.24. The molecule has 31 heavy (non-hydrogen) atoms. The topological polar surface area (TPSA) is 105 Å². The summed E-state index contributed by atoms with van der Waals surface area (Å²) in [6, 6.07) is 13.7. The van der Waals surface area contributed by atoms with Crippen LogP contribution in [0, 0.1) is 22.7 Å². The number of benzene rings is 2. The molecule has 4 unspecified atom stereocenters. The molecule has 1 N–H and O–H groups in total. The molecule has 1 heterocycles. The minimum absolute atomic E-state index is 0.178. The molecular weight excluding hydrogens is 443 g/mol. The number of halogens is 2. The van der Waals surface area contributed by atoms with E-state index in [9.17, 15) is 19.6 Å². The van der Waals surface area contributed by atoms with Gasteiger partial charge < -0.3 is 14.8 Å². The standard InChI is InChI=1S/C22H18Cl2N2O5/c1-30-20(28)16-17(12-7-3-5-9-14(12)23)22(11-25,21(29)31-2)18(26-19(16)27)13-8-4-6-10-15(13)24/h3-10,16-18H,1-2H3,(H,26,27). The van der Waals surface area contributed by atoms with E-state index in [1.54, 1.807) is 48.5 Å². The third-order valence-electron chi connectivity index (χ3n) is 5.47. The van der Waals surface area contributed by atoms with E-state index in [-0.39, 0.29) is 15.6 Å². The van der Waals surface area contributed by atoms with Gasteiger partial charge in [0, 0.05) is 16.0 Å². The number of amides is 1. The predicted octanol–water partition coefficient (Wildman–Crippen LogP) is 3.42. The van der Waals surface area contributed by atoms with Crippen molar-refractivity contribution in [1.82, 2.24) is 5.32 Å². The molecule has 0 aromatic heterocycles. The SMILES string of the molecule is COC(=O)C1C(=O)NC(c2ccccc2Cl)C(C#N)(C(=O)OC)C1c1ccccc1Cl. The van der Waals surface area contributed by atoms with Crippen LogP contribution in [0.2, 0.25) is 10.0 Å². The molecule has 1 aliphatic heterocycles. The lowest BCUT2D eigenvalue weighted by Gasteiger charge is -2.46. The molecule has 1 amide bonds. The molecule has 0 radical (unpaired) electrons. The summed E-state index contributed by atoms with van der Waals surface area (Å²) < 4.78 is 9.85. The zero-order chi connectivity index (χ0) is 22.8. The van der Waals surface area contributed by atoms with Gasteiger partial charge in [-0.05, 0) is 23.3 Å². The lowest BCUT2D eigenvalue weighted by molar-refractivity contribution is -0.164. The van der Waals surface area contributed by atoms with Crippen molar-refractivity contribution >= 4 is 41.0 Å². The number of ether oxygens (including phenoxy) is 2. The largest absolute Gasteiger partial charge is 0.468 e. The van der Waals surface area contributed by atoms with Crippen LogP contribution in [0.4, 0.5) is 0 Å². The highest BCUT2D eigenvalue weighted by Gasteiger charge is 2.64. The number of nitrogens with zero attached hydrogens (tertiary/aromatic N) is 1. The van der Waals surface area contributed by atoms with Crippen LogP contribution in [0.1, 0.15) is 23.1 Å². The van der Waals surface area contributed by atoms with Gasteiger partial charge in [-0.3, -0.25) is 14.4 Å². The van der Waals surface area contributed by atoms with E-state index >= 15 is 0 Å². The van der Waals surface area contributed by atoms with Crippen LogP contribution in [0.3, 0.4) is 0 Å². The second-order valence-electron chi connectivity index (χ2n) is 6.94. The first-order valence-electron chi connectivity index (χ1n) is 9.20. The van der Waals surface area contributed by atoms with Crippen LogP contribution < -0.4 is 5.32 Å². The van der Waals surface area contributed by atoms with E-state index < -0.39 is 41.1 Å². The number of hydrogen-bond donors (Lipinski definition) is 1. The van der Waals surface area contributed by atoms with Crippen LogP contribution in [0.25, 0.3) is 0 Å². The van der Waals surface area contributed by atoms with E-state index in [1.807, 2.05) is 6.07 Å². The Kier molecular flexibility index (Phi) is 6.54. The first-order chi connectivity index (χ1) is 14.8. The molecule has 1 aliphatic rings. The van der Waals surface area contributed by atoms with Gasteiger partial charge in [-0.25, -0.2) is 0 Å². The number of carbonyl (C=O) groups is 3. The predicted molar refractivity (Wildman–Crippen MR) is 112 cm³/mol. The fourth-order valence-corrected chi connectivity index (χ4v) is 4.59. The Balaban J connectivity index is 2.40. The Morgan fingerprint density at radius 1 is 1.00 bits per heavy atom. The van der Waals surface area contributed by atoms with Crippen molar-refractivity contribution in [2.24, 2.45) is 11.3 Å². The highest BCUT2D eigenvalue weighted by molar-refractivity contribution is 6.32. The Bertz CT molecular complexity index is 1080. The summed E-state index contributed by atoms with van der Waals surface area (Å²) in [5.74, 6) is -5.41. The monoisotopic (exact) mass is 460 g/mol. The molecule has 1 fully saturated rings. The Morgan fingerprint density at radius 3 is 2.03 bits per heavy atom. The molecule has 0 spiro atoms. The van der Waals surface area contributed by atoms with Crippen molar-refractivity contribution in [3.8, 4) is 6.07 Å². The summed E-state index contributed by atoms with van der Waals surface area (Å²) in [6.45, 7) is 0. The highest BCUT2D eigenvalue weighted by Crippen LogP contribution is 2.55. The van der Waals surface area contributed by atoms with Gasteiger partial charge in [-0.2, -0.15) is 5.26 Å². The maximum atomic E-state index is 13.2. The van der Waals surface area contributed by atoms with Crippen molar-refractivity contribution in [2.75, 3.05) is 14.2 Å². The molecule has 2 aromatic carbocycles. The Labute approximate surface area is 188 Å². The zero-order valence-corrected chi connectivity index (χ0v) is 18.1. The van der Waals surface area contributed by atoms with Crippen molar-refractivity contribution in [3.05, 3.63) is 69.7 Å². The van der Waals surface area contributed by atoms with Crippen LogP contribution in [-0.4, -0.2) is 32.1 Å². The lowest BCUT2D eigenvalue weighted by atomic mass is 9.59. The second kappa shape index (κ2) is 8.96. The fourth-order valence-electron chi connectivity index (χ4n) is 4.09. The number of piperidine rings is 1. The minimum Gasteiger partial charge on any atom is -0.468 e. The molecule has 4 atom stereocenters. The van der Waals surface area contributed by atoms with Crippen molar-refractivity contribution in [3.63, 3.8) is 0 Å². The van der Waals surface area contributed by atoms with E-state index in [0.29, 0.717) is 5.56 Å². The summed E-state index contributed by atoms with van der Waals surface area (Å²) in [5.41, 5.74) is -1.49.